The quantitative estimate of drug-likeness (QED) is 0.198. The number of nitrogens with zero attached hydrogens (tertiary/aromatic N) is 9. The highest BCUT2D eigenvalue weighted by atomic mass is 16.5. The Balaban J connectivity index is 1.22. The molecule has 8 rings (SSSR count). The summed E-state index contributed by atoms with van der Waals surface area (Å²) in [5.74, 6) is 1.55. The van der Waals surface area contributed by atoms with Crippen LogP contribution in [0.15, 0.2) is 73.3 Å². The van der Waals surface area contributed by atoms with Crippen molar-refractivity contribution in [1.29, 1.82) is 0 Å². The third-order valence-corrected chi connectivity index (χ3v) is 9.23. The van der Waals surface area contributed by atoms with Gasteiger partial charge in [0.2, 0.25) is 0 Å². The number of anilines is 1. The van der Waals surface area contributed by atoms with Crippen molar-refractivity contribution in [3.05, 3.63) is 90.3 Å². The fraction of sp³-hybridized carbons (Fsp3) is 0.361. The van der Waals surface area contributed by atoms with Gasteiger partial charge in [0, 0.05) is 37.0 Å². The van der Waals surface area contributed by atoms with Crippen molar-refractivity contribution in [3.8, 4) is 34.0 Å². The van der Waals surface area contributed by atoms with Gasteiger partial charge >= 0.3 is 0 Å². The van der Waals surface area contributed by atoms with E-state index >= 15 is 0 Å². The molecule has 7 heterocycles. The summed E-state index contributed by atoms with van der Waals surface area (Å²) in [4.78, 5) is 12.1. The van der Waals surface area contributed by atoms with Crippen molar-refractivity contribution in [2.45, 2.75) is 58.9 Å². The minimum atomic E-state index is -0.107. The van der Waals surface area contributed by atoms with E-state index in [1.165, 1.54) is 0 Å². The monoisotopic (exact) mass is 645 g/mol. The molecular weight excluding hydrogens is 606 g/mol. The van der Waals surface area contributed by atoms with E-state index in [2.05, 4.69) is 34.9 Å². The number of rotatable bonds is 8. The number of fused-ring (bicyclic) bond motifs is 1. The molecule has 0 bridgehead atoms. The number of aryl methyl sites for hydroxylation is 1. The highest BCUT2D eigenvalue weighted by Crippen LogP contribution is 2.36. The average Bonchev–Trinajstić information content (AvgIpc) is 3.85. The molecule has 6 aromatic rings. The average molecular weight is 646 g/mol. The van der Waals surface area contributed by atoms with Crippen LogP contribution in [-0.4, -0.2) is 71.6 Å². The largest absolute Gasteiger partial charge is 0.487 e. The van der Waals surface area contributed by atoms with Crippen LogP contribution in [0.2, 0.25) is 0 Å². The highest BCUT2D eigenvalue weighted by molar-refractivity contribution is 5.80. The maximum Gasteiger partial charge on any atom is 0.167 e. The van der Waals surface area contributed by atoms with Gasteiger partial charge in [-0.3, -0.25) is 4.98 Å². The van der Waals surface area contributed by atoms with E-state index in [4.69, 9.17) is 29.4 Å². The minimum Gasteiger partial charge on any atom is -0.487 e. The first-order valence-electron chi connectivity index (χ1n) is 16.6. The number of pyridine rings is 1. The molecule has 48 heavy (non-hydrogen) atoms. The molecule has 12 heteroatoms. The molecule has 0 amide bonds. The molecule has 2 fully saturated rings. The number of aromatic nitrogens is 8. The summed E-state index contributed by atoms with van der Waals surface area (Å²) in [7, 11) is 0. The zero-order chi connectivity index (χ0) is 32.6. The maximum atomic E-state index is 6.13. The van der Waals surface area contributed by atoms with Gasteiger partial charge in [0.05, 0.1) is 71.9 Å². The van der Waals surface area contributed by atoms with Gasteiger partial charge in [-0.25, -0.2) is 18.9 Å². The number of hydrogen-bond donors (Lipinski definition) is 0. The fourth-order valence-electron chi connectivity index (χ4n) is 6.80. The van der Waals surface area contributed by atoms with Gasteiger partial charge in [-0.05, 0) is 51.7 Å². The zero-order valence-corrected chi connectivity index (χ0v) is 27.5. The Labute approximate surface area is 278 Å². The van der Waals surface area contributed by atoms with Crippen molar-refractivity contribution in [2.24, 2.45) is 0 Å². The lowest BCUT2D eigenvalue weighted by molar-refractivity contribution is -0.0383. The van der Waals surface area contributed by atoms with Crippen LogP contribution in [0.1, 0.15) is 49.4 Å². The summed E-state index contributed by atoms with van der Waals surface area (Å²) in [6, 6.07) is 16.4. The summed E-state index contributed by atoms with van der Waals surface area (Å²) in [6.45, 7) is 9.52. The molecular formula is C36H39N9O3. The van der Waals surface area contributed by atoms with Crippen LogP contribution in [0.3, 0.4) is 0 Å². The van der Waals surface area contributed by atoms with E-state index in [-0.39, 0.29) is 12.3 Å². The summed E-state index contributed by atoms with van der Waals surface area (Å²) in [5, 5.41) is 14.6. The fourth-order valence-corrected chi connectivity index (χ4v) is 6.80. The lowest BCUT2D eigenvalue weighted by atomic mass is 10.1. The predicted molar refractivity (Wildman–Crippen MR) is 181 cm³/mol. The summed E-state index contributed by atoms with van der Waals surface area (Å²) in [6.07, 6.45) is 10.3. The number of ether oxygens (including phenoxy) is 3. The Bertz CT molecular complexity index is 2040. The molecule has 1 unspecified atom stereocenters. The highest BCUT2D eigenvalue weighted by Gasteiger charge is 2.27. The van der Waals surface area contributed by atoms with Crippen molar-refractivity contribution in [3.63, 3.8) is 0 Å². The van der Waals surface area contributed by atoms with Gasteiger partial charge < -0.3 is 19.1 Å². The summed E-state index contributed by atoms with van der Waals surface area (Å²) >= 11 is 0. The Kier molecular flexibility index (Phi) is 8.11. The van der Waals surface area contributed by atoms with Crippen LogP contribution in [0, 0.1) is 13.8 Å². The second-order valence-corrected chi connectivity index (χ2v) is 12.5. The van der Waals surface area contributed by atoms with E-state index < -0.39 is 0 Å². The van der Waals surface area contributed by atoms with E-state index in [1.807, 2.05) is 81.9 Å². The Morgan fingerprint density at radius 3 is 2.69 bits per heavy atom. The number of hydrogen-bond acceptors (Lipinski definition) is 9. The van der Waals surface area contributed by atoms with Crippen molar-refractivity contribution in [2.75, 3.05) is 31.3 Å². The number of morpholine rings is 1. The van der Waals surface area contributed by atoms with Gasteiger partial charge in [0.15, 0.2) is 11.9 Å². The molecule has 2 atom stereocenters. The van der Waals surface area contributed by atoms with Crippen LogP contribution < -0.4 is 9.64 Å². The molecule has 0 saturated carbocycles. The van der Waals surface area contributed by atoms with E-state index in [9.17, 15) is 0 Å². The molecule has 0 N–H and O–H groups in total. The first-order valence-corrected chi connectivity index (χ1v) is 16.6. The standard InChI is InChI=1S/C36H39N9O3/c1-24-22-46-16-14-42(24)33-18-32(45-36(40-33)30(21-39-45)31-12-13-38-44(31)34-11-7-8-15-47-34)35-25(2)41-43(26(35)3)28-17-29(20-37-19-28)48-23-27-9-5-4-6-10-27/h4-6,9-10,12-13,17-21,24,34H,7-8,11,14-16,22-23H2,1-3H3/t24-,34?/m1/s1. The van der Waals surface area contributed by atoms with Gasteiger partial charge in [-0.2, -0.15) is 15.3 Å². The maximum absolute atomic E-state index is 6.13. The smallest absolute Gasteiger partial charge is 0.167 e. The van der Waals surface area contributed by atoms with Gasteiger partial charge in [-0.1, -0.05) is 30.3 Å². The van der Waals surface area contributed by atoms with E-state index in [1.54, 1.807) is 6.20 Å². The third-order valence-electron chi connectivity index (χ3n) is 9.23. The molecule has 2 aliphatic rings. The Morgan fingerprint density at radius 1 is 0.958 bits per heavy atom. The van der Waals surface area contributed by atoms with Gasteiger partial charge in [0.25, 0.3) is 0 Å². The van der Waals surface area contributed by atoms with E-state index in [0.717, 1.165) is 89.0 Å². The predicted octanol–water partition coefficient (Wildman–Crippen LogP) is 5.96. The zero-order valence-electron chi connectivity index (χ0n) is 27.5. The van der Waals surface area contributed by atoms with Crippen molar-refractivity contribution >= 4 is 11.5 Å². The lowest BCUT2D eigenvalue weighted by Crippen LogP contribution is -2.44. The second kappa shape index (κ2) is 12.9. The second-order valence-electron chi connectivity index (χ2n) is 12.5. The van der Waals surface area contributed by atoms with Gasteiger partial charge in [-0.15, -0.1) is 0 Å². The van der Waals surface area contributed by atoms with Crippen LogP contribution in [0.25, 0.3) is 33.8 Å². The van der Waals surface area contributed by atoms with Gasteiger partial charge in [0.1, 0.15) is 18.2 Å². The normalized spacial score (nSPS) is 18.4. The van der Waals surface area contributed by atoms with Crippen LogP contribution in [-0.2, 0) is 16.1 Å². The molecule has 5 aromatic heterocycles. The molecule has 0 aliphatic carbocycles. The van der Waals surface area contributed by atoms with Crippen molar-refractivity contribution < 1.29 is 14.2 Å². The first kappa shape index (κ1) is 30.3. The van der Waals surface area contributed by atoms with Crippen molar-refractivity contribution in [1.82, 2.24) is 39.1 Å². The molecule has 1 aromatic carbocycles. The molecule has 2 aliphatic heterocycles. The molecule has 0 radical (unpaired) electrons. The lowest BCUT2D eigenvalue weighted by Gasteiger charge is -2.34. The minimum absolute atomic E-state index is 0.107. The summed E-state index contributed by atoms with van der Waals surface area (Å²) in [5.41, 5.74) is 8.22. The van der Waals surface area contributed by atoms with Crippen LogP contribution in [0.4, 0.5) is 5.82 Å². The summed E-state index contributed by atoms with van der Waals surface area (Å²) < 4.78 is 23.9. The number of benzene rings is 1. The third kappa shape index (κ3) is 5.60. The Morgan fingerprint density at radius 2 is 1.85 bits per heavy atom. The Hall–Kier alpha value is -5.07. The molecule has 246 valence electrons. The van der Waals surface area contributed by atoms with E-state index in [0.29, 0.717) is 25.6 Å². The molecule has 0 spiro atoms. The molecule has 12 nitrogen and oxygen atoms in total. The SMILES string of the molecule is Cc1nn(-c2cncc(OCc3ccccc3)c2)c(C)c1-c1cc(N2CCOC[C@H]2C)nc2c(-c3ccnn3C3CCCCO3)cnn12. The van der Waals surface area contributed by atoms with Crippen LogP contribution in [0.5, 0.6) is 5.75 Å². The first-order chi connectivity index (χ1) is 23.5. The molecule has 2 saturated heterocycles. The van der Waals surface area contributed by atoms with Crippen LogP contribution >= 0.6 is 0 Å². The topological polar surface area (TPSA) is 110 Å².